The highest BCUT2D eigenvalue weighted by molar-refractivity contribution is 7.10. The van der Waals surface area contributed by atoms with Gasteiger partial charge in [-0.05, 0) is 60.5 Å². The molecule has 0 spiro atoms. The lowest BCUT2D eigenvalue weighted by Crippen LogP contribution is -2.48. The van der Waals surface area contributed by atoms with E-state index >= 15 is 0 Å². The van der Waals surface area contributed by atoms with Gasteiger partial charge < -0.3 is 19.3 Å². The minimum absolute atomic E-state index is 0.00359. The van der Waals surface area contributed by atoms with Crippen molar-refractivity contribution >= 4 is 23.2 Å². The molecule has 0 unspecified atom stereocenters. The van der Waals surface area contributed by atoms with Crippen LogP contribution in [0.15, 0.2) is 60.0 Å². The molecule has 8 heteroatoms. The van der Waals surface area contributed by atoms with Crippen LogP contribution in [0.5, 0.6) is 11.5 Å². The second-order valence-electron chi connectivity index (χ2n) is 8.79. The molecule has 35 heavy (non-hydrogen) atoms. The van der Waals surface area contributed by atoms with E-state index in [1.807, 2.05) is 35.7 Å². The fraction of sp³-hybridized carbons (Fsp3) is 0.333. The number of hydrogen-bond acceptors (Lipinski definition) is 5. The summed E-state index contributed by atoms with van der Waals surface area (Å²) in [4.78, 5) is 31.3. The van der Waals surface area contributed by atoms with Crippen molar-refractivity contribution in [1.29, 1.82) is 0 Å². The van der Waals surface area contributed by atoms with E-state index in [1.165, 1.54) is 21.9 Å². The Morgan fingerprint density at radius 1 is 1.11 bits per heavy atom. The SMILES string of the molecule is COc1cccc(OC[C@@H]2c3ccsc3CCN2C(=O)CN(C(=O)c2ccccc2F)C2CC2)c1. The maximum absolute atomic E-state index is 14.3. The van der Waals surface area contributed by atoms with E-state index in [2.05, 4.69) is 0 Å². The highest BCUT2D eigenvalue weighted by Gasteiger charge is 2.38. The highest BCUT2D eigenvalue weighted by atomic mass is 32.1. The molecular formula is C27H27FN2O4S. The summed E-state index contributed by atoms with van der Waals surface area (Å²) >= 11 is 1.68. The molecular weight excluding hydrogens is 467 g/mol. The predicted octanol–water partition coefficient (Wildman–Crippen LogP) is 4.71. The fourth-order valence-corrected chi connectivity index (χ4v) is 5.45. The third kappa shape index (κ3) is 5.03. The molecule has 6 nitrogen and oxygen atoms in total. The van der Waals surface area contributed by atoms with Crippen LogP contribution in [0.2, 0.25) is 0 Å². The number of fused-ring (bicyclic) bond motifs is 1. The van der Waals surface area contributed by atoms with E-state index in [0.717, 1.165) is 24.8 Å². The monoisotopic (exact) mass is 494 g/mol. The van der Waals surface area contributed by atoms with Gasteiger partial charge in [0.25, 0.3) is 5.91 Å². The molecule has 1 atom stereocenters. The lowest BCUT2D eigenvalue weighted by Gasteiger charge is -2.37. The van der Waals surface area contributed by atoms with E-state index in [4.69, 9.17) is 9.47 Å². The van der Waals surface area contributed by atoms with Crippen LogP contribution in [0, 0.1) is 5.82 Å². The first-order valence-corrected chi connectivity index (χ1v) is 12.6. The quantitative estimate of drug-likeness (QED) is 0.455. The van der Waals surface area contributed by atoms with E-state index in [1.54, 1.807) is 35.5 Å². The number of amides is 2. The van der Waals surface area contributed by atoms with Crippen LogP contribution in [0.1, 0.15) is 39.7 Å². The zero-order valence-electron chi connectivity index (χ0n) is 19.5. The molecule has 0 bridgehead atoms. The number of ether oxygens (including phenoxy) is 2. The summed E-state index contributed by atoms with van der Waals surface area (Å²) in [6.45, 7) is 0.755. The van der Waals surface area contributed by atoms with E-state index in [0.29, 0.717) is 18.0 Å². The lowest BCUT2D eigenvalue weighted by molar-refractivity contribution is -0.135. The first-order valence-electron chi connectivity index (χ1n) is 11.7. The van der Waals surface area contributed by atoms with Crippen LogP contribution in [-0.2, 0) is 11.2 Å². The number of carbonyl (C=O) groups excluding carboxylic acids is 2. The number of thiophene rings is 1. The van der Waals surface area contributed by atoms with Crippen LogP contribution < -0.4 is 9.47 Å². The standard InChI is InChI=1S/C27H27FN2O4S/c1-33-19-5-4-6-20(15-19)34-17-24-22-12-14-35-25(22)11-13-29(24)26(31)16-30(18-9-10-18)27(32)21-7-2-3-8-23(21)28/h2-8,12,14-15,18,24H,9-11,13,16-17H2,1H3/t24-/m1/s1. The van der Waals surface area contributed by atoms with Crippen molar-refractivity contribution < 1.29 is 23.5 Å². The van der Waals surface area contributed by atoms with E-state index < -0.39 is 11.7 Å². The van der Waals surface area contributed by atoms with Crippen molar-refractivity contribution in [2.75, 3.05) is 26.8 Å². The molecule has 2 aliphatic rings. The summed E-state index contributed by atoms with van der Waals surface area (Å²) in [5.41, 5.74) is 1.08. The van der Waals surface area contributed by atoms with Crippen LogP contribution in [0.25, 0.3) is 0 Å². The highest BCUT2D eigenvalue weighted by Crippen LogP contribution is 2.35. The zero-order chi connectivity index (χ0) is 24.4. The van der Waals surface area contributed by atoms with Gasteiger partial charge in [-0.3, -0.25) is 9.59 Å². The number of benzene rings is 2. The first kappa shape index (κ1) is 23.4. The average molecular weight is 495 g/mol. The Bertz CT molecular complexity index is 1230. The largest absolute Gasteiger partial charge is 0.497 e. The zero-order valence-corrected chi connectivity index (χ0v) is 20.3. The normalized spacial score (nSPS) is 17.0. The summed E-state index contributed by atoms with van der Waals surface area (Å²) in [6.07, 6.45) is 2.41. The Hall–Kier alpha value is -3.39. The molecule has 0 radical (unpaired) electrons. The Kier molecular flexibility index (Phi) is 6.72. The number of carbonyl (C=O) groups is 2. The summed E-state index contributed by atoms with van der Waals surface area (Å²) in [5.74, 6) is 0.200. The maximum atomic E-state index is 14.3. The summed E-state index contributed by atoms with van der Waals surface area (Å²) in [7, 11) is 1.60. The van der Waals surface area contributed by atoms with Gasteiger partial charge in [0.15, 0.2) is 0 Å². The smallest absolute Gasteiger partial charge is 0.257 e. The van der Waals surface area contributed by atoms with Gasteiger partial charge in [-0.25, -0.2) is 4.39 Å². The summed E-state index contributed by atoms with van der Waals surface area (Å²) in [5, 5.41) is 2.04. The Balaban J connectivity index is 1.35. The van der Waals surface area contributed by atoms with Gasteiger partial charge in [0.05, 0.1) is 18.7 Å². The number of methoxy groups -OCH3 is 1. The van der Waals surface area contributed by atoms with Gasteiger partial charge in [0.1, 0.15) is 30.5 Å². The van der Waals surface area contributed by atoms with Gasteiger partial charge in [0, 0.05) is 23.5 Å². The molecule has 2 aromatic carbocycles. The molecule has 1 aromatic heterocycles. The van der Waals surface area contributed by atoms with Crippen molar-refractivity contribution in [2.24, 2.45) is 0 Å². The van der Waals surface area contributed by atoms with Crippen LogP contribution >= 0.6 is 11.3 Å². The van der Waals surface area contributed by atoms with Crippen molar-refractivity contribution in [2.45, 2.75) is 31.3 Å². The first-order chi connectivity index (χ1) is 17.0. The second kappa shape index (κ2) is 10.1. The molecule has 5 rings (SSSR count). The van der Waals surface area contributed by atoms with Gasteiger partial charge in [-0.1, -0.05) is 18.2 Å². The van der Waals surface area contributed by atoms with Crippen LogP contribution in [0.4, 0.5) is 4.39 Å². The van der Waals surface area contributed by atoms with E-state index in [9.17, 15) is 14.0 Å². The Morgan fingerprint density at radius 2 is 1.91 bits per heavy atom. The van der Waals surface area contributed by atoms with Gasteiger partial charge in [-0.2, -0.15) is 0 Å². The third-order valence-electron chi connectivity index (χ3n) is 6.52. The molecule has 1 fully saturated rings. The second-order valence-corrected chi connectivity index (χ2v) is 9.79. The fourth-order valence-electron chi connectivity index (χ4n) is 4.52. The molecule has 1 aliphatic heterocycles. The van der Waals surface area contributed by atoms with Gasteiger partial charge in [-0.15, -0.1) is 11.3 Å². The van der Waals surface area contributed by atoms with Crippen molar-refractivity contribution in [1.82, 2.24) is 9.80 Å². The van der Waals surface area contributed by atoms with Gasteiger partial charge >= 0.3 is 0 Å². The topological polar surface area (TPSA) is 59.1 Å². The van der Waals surface area contributed by atoms with Gasteiger partial charge in [0.2, 0.25) is 5.91 Å². The summed E-state index contributed by atoms with van der Waals surface area (Å²) < 4.78 is 25.7. The number of nitrogens with zero attached hydrogens (tertiary/aromatic N) is 2. The number of halogens is 1. The van der Waals surface area contributed by atoms with Crippen LogP contribution in [0.3, 0.4) is 0 Å². The molecule has 2 amide bonds. The van der Waals surface area contributed by atoms with Crippen molar-refractivity contribution in [3.05, 3.63) is 81.8 Å². The molecule has 1 aliphatic carbocycles. The minimum atomic E-state index is -0.568. The average Bonchev–Trinajstić information content (AvgIpc) is 3.61. The van der Waals surface area contributed by atoms with Crippen LogP contribution in [-0.4, -0.2) is 54.5 Å². The minimum Gasteiger partial charge on any atom is -0.497 e. The molecule has 1 saturated carbocycles. The van der Waals surface area contributed by atoms with Crippen molar-refractivity contribution in [3.63, 3.8) is 0 Å². The lowest BCUT2D eigenvalue weighted by atomic mass is 10.0. The summed E-state index contributed by atoms with van der Waals surface area (Å²) in [6, 6.07) is 15.1. The molecule has 182 valence electrons. The molecule has 3 aromatic rings. The van der Waals surface area contributed by atoms with E-state index in [-0.39, 0.29) is 36.7 Å². The van der Waals surface area contributed by atoms with Crippen molar-refractivity contribution in [3.8, 4) is 11.5 Å². The molecule has 2 heterocycles. The third-order valence-corrected chi connectivity index (χ3v) is 7.52. The Labute approximate surface area is 207 Å². The molecule has 0 N–H and O–H groups in total. The number of hydrogen-bond donors (Lipinski definition) is 0. The predicted molar refractivity (Wildman–Crippen MR) is 131 cm³/mol. The molecule has 0 saturated heterocycles. The maximum Gasteiger partial charge on any atom is 0.257 e. The Morgan fingerprint density at radius 3 is 2.69 bits per heavy atom. The number of rotatable bonds is 8.